The first kappa shape index (κ1) is 7.75. The third-order valence-corrected chi connectivity index (χ3v) is 3.85. The summed E-state index contributed by atoms with van der Waals surface area (Å²) in [7, 11) is 0. The molecular weight excluding hydrogens is 417 g/mol. The molecule has 0 spiro atoms. The predicted molar refractivity (Wildman–Crippen MR) is 55.5 cm³/mol. The number of rotatable bonds is 0. The van der Waals surface area contributed by atoms with Crippen LogP contribution in [0.1, 0.15) is 6.92 Å². The normalized spacial score (nSPS) is 8.83. The Morgan fingerprint density at radius 1 is 1.50 bits per heavy atom. The molecule has 0 aliphatic heterocycles. The van der Waals surface area contributed by atoms with Crippen molar-refractivity contribution in [3.63, 3.8) is 0 Å². The standard InChI is InChI=1S/C3H3I3/c1-2-3-6(4)5/h1H3. The summed E-state index contributed by atoms with van der Waals surface area (Å²) < 4.78 is 3.09. The summed E-state index contributed by atoms with van der Waals surface area (Å²) in [5.74, 6) is 2.87. The molecule has 0 unspecified atom stereocenters. The second kappa shape index (κ2) is 4.90. The Balaban J connectivity index is 3.20. The van der Waals surface area contributed by atoms with Crippen LogP contribution < -0.4 is 0 Å². The van der Waals surface area contributed by atoms with Crippen LogP contribution in [-0.2, 0) is 0 Å². The van der Waals surface area contributed by atoms with Crippen molar-refractivity contribution in [2.45, 2.75) is 6.92 Å². The van der Waals surface area contributed by atoms with Crippen LogP contribution in [0.5, 0.6) is 0 Å². The summed E-state index contributed by atoms with van der Waals surface area (Å²) in [6.45, 7) is 1.89. The zero-order valence-corrected chi connectivity index (χ0v) is 9.61. The van der Waals surface area contributed by atoms with Crippen molar-refractivity contribution in [3.8, 4) is 9.85 Å². The molecule has 0 amide bonds. The van der Waals surface area contributed by atoms with Gasteiger partial charge in [-0.15, -0.1) is 0 Å². The Morgan fingerprint density at radius 2 is 2.00 bits per heavy atom. The topological polar surface area (TPSA) is 0 Å². The maximum absolute atomic E-state index is 3.09. The first-order chi connectivity index (χ1) is 2.77. The monoisotopic (exact) mass is 420 g/mol. The van der Waals surface area contributed by atoms with Gasteiger partial charge in [-0.2, -0.15) is 0 Å². The van der Waals surface area contributed by atoms with E-state index in [4.69, 9.17) is 0 Å². The van der Waals surface area contributed by atoms with Gasteiger partial charge in [0, 0.05) is 0 Å². The molecule has 0 radical (unpaired) electrons. The fourth-order valence-corrected chi connectivity index (χ4v) is 3.21. The summed E-state index contributed by atoms with van der Waals surface area (Å²) in [6, 6.07) is 0. The van der Waals surface area contributed by atoms with Gasteiger partial charge in [0.2, 0.25) is 0 Å². The molecule has 36 valence electrons. The van der Waals surface area contributed by atoms with Gasteiger partial charge in [-0.25, -0.2) is 0 Å². The van der Waals surface area contributed by atoms with Gasteiger partial charge in [0.15, 0.2) is 0 Å². The zero-order valence-electron chi connectivity index (χ0n) is 3.13. The average molecular weight is 420 g/mol. The van der Waals surface area contributed by atoms with E-state index in [9.17, 15) is 0 Å². The van der Waals surface area contributed by atoms with E-state index in [1.165, 1.54) is 0 Å². The third-order valence-electron chi connectivity index (χ3n) is 0.166. The van der Waals surface area contributed by atoms with Crippen molar-refractivity contribution in [2.24, 2.45) is 0 Å². The van der Waals surface area contributed by atoms with Crippen LogP contribution in [0.3, 0.4) is 0 Å². The number of halogens is 3. The van der Waals surface area contributed by atoms with Gasteiger partial charge in [-0.3, -0.25) is 0 Å². The summed E-state index contributed by atoms with van der Waals surface area (Å²) in [5.41, 5.74) is 0. The molecular formula is C3H3I3. The summed E-state index contributed by atoms with van der Waals surface area (Å²) >= 11 is 4.10. The van der Waals surface area contributed by atoms with E-state index in [0.717, 1.165) is 0 Å². The van der Waals surface area contributed by atoms with Crippen molar-refractivity contribution in [1.29, 1.82) is 0 Å². The molecule has 0 aliphatic carbocycles. The molecule has 0 aromatic rings. The van der Waals surface area contributed by atoms with Crippen LogP contribution in [0.2, 0.25) is 0 Å². The first-order valence-electron chi connectivity index (χ1n) is 1.22. The van der Waals surface area contributed by atoms with Gasteiger partial charge < -0.3 is 0 Å². The predicted octanol–water partition coefficient (Wildman–Crippen LogP) is 3.17. The molecule has 0 N–H and O–H groups in total. The van der Waals surface area contributed by atoms with Gasteiger partial charge in [0.25, 0.3) is 0 Å². The van der Waals surface area contributed by atoms with Crippen LogP contribution in [0.15, 0.2) is 0 Å². The van der Waals surface area contributed by atoms with E-state index < -0.39 is 11.9 Å². The minimum atomic E-state index is -0.728. The zero-order chi connectivity index (χ0) is 4.99. The molecule has 0 bridgehead atoms. The van der Waals surface area contributed by atoms with Crippen molar-refractivity contribution >= 4 is 49.1 Å². The van der Waals surface area contributed by atoms with Gasteiger partial charge in [-0.05, 0) is 0 Å². The molecule has 0 rings (SSSR count). The average Bonchev–Trinajstić information content (AvgIpc) is 1.35. The van der Waals surface area contributed by atoms with E-state index in [1.54, 1.807) is 0 Å². The Hall–Kier alpha value is 1.75. The van der Waals surface area contributed by atoms with Gasteiger partial charge in [0.1, 0.15) is 0 Å². The van der Waals surface area contributed by atoms with Crippen LogP contribution in [0.4, 0.5) is 0 Å². The molecule has 0 saturated heterocycles. The third kappa shape index (κ3) is 5.75. The van der Waals surface area contributed by atoms with E-state index in [2.05, 4.69) is 47.1 Å². The summed E-state index contributed by atoms with van der Waals surface area (Å²) in [5, 5.41) is 0. The Morgan fingerprint density at radius 3 is 2.00 bits per heavy atom. The van der Waals surface area contributed by atoms with E-state index in [1.807, 2.05) is 6.92 Å². The Labute approximate surface area is 64.6 Å². The van der Waals surface area contributed by atoms with Crippen molar-refractivity contribution in [1.82, 2.24) is 0 Å². The SMILES string of the molecule is CC#CI(I)I. The summed E-state index contributed by atoms with van der Waals surface area (Å²) in [6.07, 6.45) is 0. The van der Waals surface area contributed by atoms with Crippen molar-refractivity contribution < 1.29 is 0 Å². The molecule has 0 atom stereocenters. The minimum absolute atomic E-state index is 0.728. The van der Waals surface area contributed by atoms with Crippen LogP contribution in [0.25, 0.3) is 0 Å². The molecule has 0 aromatic carbocycles. The fraction of sp³-hybridized carbons (Fsp3) is 0.333. The molecule has 0 aliphatic rings. The van der Waals surface area contributed by atoms with Gasteiger partial charge in [-0.1, -0.05) is 0 Å². The van der Waals surface area contributed by atoms with Crippen molar-refractivity contribution in [3.05, 3.63) is 0 Å². The molecule has 6 heavy (non-hydrogen) atoms. The first-order valence-corrected chi connectivity index (χ1v) is 14.9. The second-order valence-electron chi connectivity index (χ2n) is 0.541. The van der Waals surface area contributed by atoms with Crippen LogP contribution in [0, 0.1) is 9.85 Å². The number of hydrogen-bond donors (Lipinski definition) is 0. The van der Waals surface area contributed by atoms with Crippen LogP contribution in [-0.4, -0.2) is 0 Å². The van der Waals surface area contributed by atoms with E-state index >= 15 is 0 Å². The number of hydrogen-bond acceptors (Lipinski definition) is 0. The molecule has 0 heterocycles. The second-order valence-corrected chi connectivity index (χ2v) is 23.6. The van der Waals surface area contributed by atoms with Gasteiger partial charge >= 0.3 is 65.9 Å². The molecule has 0 aromatic heterocycles. The Kier molecular flexibility index (Phi) is 6.33. The fourth-order valence-electron chi connectivity index (χ4n) is 0.0714. The molecule has 0 fully saturated rings. The summed E-state index contributed by atoms with van der Waals surface area (Å²) in [4.78, 5) is 0. The molecule has 3 heteroatoms. The van der Waals surface area contributed by atoms with E-state index in [0.29, 0.717) is 0 Å². The van der Waals surface area contributed by atoms with E-state index in [-0.39, 0.29) is 0 Å². The quantitative estimate of drug-likeness (QED) is 0.418. The molecule has 0 saturated carbocycles. The van der Waals surface area contributed by atoms with Gasteiger partial charge in [0.05, 0.1) is 0 Å². The maximum atomic E-state index is 3.09. The van der Waals surface area contributed by atoms with Crippen molar-refractivity contribution in [2.75, 3.05) is 0 Å². The molecule has 0 nitrogen and oxygen atoms in total. The van der Waals surface area contributed by atoms with Crippen LogP contribution >= 0.6 is 49.1 Å². The Bertz CT molecular complexity index is 75.8.